The number of nitrogens with one attached hydrogen (secondary N) is 2. The van der Waals surface area contributed by atoms with Crippen molar-refractivity contribution in [2.45, 2.75) is 31.7 Å². The predicted molar refractivity (Wildman–Crippen MR) is 102 cm³/mol. The molecule has 0 unspecified atom stereocenters. The zero-order valence-corrected chi connectivity index (χ0v) is 16.1. The molecule has 1 aromatic carbocycles. The second-order valence-corrected chi connectivity index (χ2v) is 7.61. The number of rotatable bonds is 7. The molecule has 2 aromatic rings. The van der Waals surface area contributed by atoms with Gasteiger partial charge in [-0.3, -0.25) is 5.32 Å². The summed E-state index contributed by atoms with van der Waals surface area (Å²) >= 11 is 2.74. The highest BCUT2D eigenvalue weighted by Crippen LogP contribution is 2.31. The molecule has 0 saturated carbocycles. The summed E-state index contributed by atoms with van der Waals surface area (Å²) in [5, 5.41) is 5.41. The number of nitrogens with zero attached hydrogens (tertiary/aromatic N) is 1. The molecule has 2 N–H and O–H groups in total. The molecule has 2 rings (SSSR count). The van der Waals surface area contributed by atoms with Crippen LogP contribution in [-0.2, 0) is 11.3 Å². The van der Waals surface area contributed by atoms with E-state index in [0.29, 0.717) is 11.4 Å². The van der Waals surface area contributed by atoms with Crippen molar-refractivity contribution in [1.82, 2.24) is 10.3 Å². The van der Waals surface area contributed by atoms with Gasteiger partial charge in [0.25, 0.3) is 0 Å². The predicted octanol–water partition coefficient (Wildman–Crippen LogP) is 4.06. The number of anilines is 1. The second kappa shape index (κ2) is 9.43. The number of aryl methyl sites for hydroxylation is 1. The summed E-state index contributed by atoms with van der Waals surface area (Å²) < 4.78 is 5.75. The molecule has 0 aliphatic rings. The van der Waals surface area contributed by atoms with Crippen LogP contribution in [0.25, 0.3) is 0 Å². The summed E-state index contributed by atoms with van der Waals surface area (Å²) in [6, 6.07) is 7.48. The standard InChI is InChI=1S/C17H21N3O3S2/c1-4-23-15(21)13-14(20-17(25-13)24-5-2)19-16(22)18-10-12-8-6-11(3)7-9-12/h6-9H,4-5,10H2,1-3H3,(H2,18,19,22). The van der Waals surface area contributed by atoms with Gasteiger partial charge >= 0.3 is 12.0 Å². The summed E-state index contributed by atoms with van der Waals surface area (Å²) in [5.41, 5.74) is 2.16. The summed E-state index contributed by atoms with van der Waals surface area (Å²) in [4.78, 5) is 28.8. The molecule has 134 valence electrons. The molecular formula is C17H21N3O3S2. The van der Waals surface area contributed by atoms with Crippen LogP contribution in [0.1, 0.15) is 34.6 Å². The van der Waals surface area contributed by atoms with E-state index in [-0.39, 0.29) is 12.4 Å². The van der Waals surface area contributed by atoms with Crippen LogP contribution in [0.4, 0.5) is 10.6 Å². The van der Waals surface area contributed by atoms with Gasteiger partial charge < -0.3 is 10.1 Å². The Morgan fingerprint density at radius 1 is 1.24 bits per heavy atom. The number of aromatic nitrogens is 1. The van der Waals surface area contributed by atoms with Crippen LogP contribution in [-0.4, -0.2) is 29.3 Å². The number of urea groups is 1. The van der Waals surface area contributed by atoms with Crippen molar-refractivity contribution in [1.29, 1.82) is 0 Å². The molecule has 25 heavy (non-hydrogen) atoms. The van der Waals surface area contributed by atoms with Crippen molar-refractivity contribution in [3.63, 3.8) is 0 Å². The van der Waals surface area contributed by atoms with Crippen LogP contribution in [0.2, 0.25) is 0 Å². The first-order chi connectivity index (χ1) is 12.0. The highest BCUT2D eigenvalue weighted by atomic mass is 32.2. The first-order valence-electron chi connectivity index (χ1n) is 7.94. The van der Waals surface area contributed by atoms with E-state index >= 15 is 0 Å². The highest BCUT2D eigenvalue weighted by molar-refractivity contribution is 8.01. The number of thiazole rings is 1. The van der Waals surface area contributed by atoms with Gasteiger partial charge in [0, 0.05) is 6.54 Å². The molecule has 0 fully saturated rings. The van der Waals surface area contributed by atoms with Crippen LogP contribution < -0.4 is 10.6 Å². The third kappa shape index (κ3) is 5.75. The molecule has 0 radical (unpaired) electrons. The molecular weight excluding hydrogens is 358 g/mol. The Morgan fingerprint density at radius 3 is 2.60 bits per heavy atom. The van der Waals surface area contributed by atoms with Gasteiger partial charge in [-0.15, -0.1) is 0 Å². The normalized spacial score (nSPS) is 10.4. The van der Waals surface area contributed by atoms with Gasteiger partial charge in [-0.05, 0) is 25.2 Å². The van der Waals surface area contributed by atoms with Crippen molar-refractivity contribution < 1.29 is 14.3 Å². The lowest BCUT2D eigenvalue weighted by Gasteiger charge is -2.07. The minimum absolute atomic E-state index is 0.237. The summed E-state index contributed by atoms with van der Waals surface area (Å²) in [7, 11) is 0. The van der Waals surface area contributed by atoms with Crippen LogP contribution in [0.5, 0.6) is 0 Å². The maximum atomic E-state index is 12.1. The third-order valence-electron chi connectivity index (χ3n) is 3.14. The van der Waals surface area contributed by atoms with E-state index in [1.807, 2.05) is 38.1 Å². The topological polar surface area (TPSA) is 80.3 Å². The Bertz CT molecular complexity index is 729. The molecule has 0 bridgehead atoms. The van der Waals surface area contributed by atoms with Gasteiger partial charge in [-0.2, -0.15) is 0 Å². The van der Waals surface area contributed by atoms with Gasteiger partial charge in [0.15, 0.2) is 15.0 Å². The minimum atomic E-state index is -0.475. The lowest BCUT2D eigenvalue weighted by atomic mass is 10.1. The van der Waals surface area contributed by atoms with Gasteiger partial charge in [0.1, 0.15) is 0 Å². The number of esters is 1. The van der Waals surface area contributed by atoms with Crippen molar-refractivity contribution in [2.75, 3.05) is 17.7 Å². The molecule has 1 heterocycles. The number of thioether (sulfide) groups is 1. The molecule has 0 aliphatic carbocycles. The lowest BCUT2D eigenvalue weighted by Crippen LogP contribution is -2.29. The van der Waals surface area contributed by atoms with E-state index in [9.17, 15) is 9.59 Å². The first kappa shape index (κ1) is 19.3. The number of carbonyl (C=O) groups excluding carboxylic acids is 2. The zero-order chi connectivity index (χ0) is 18.2. The number of amides is 2. The lowest BCUT2D eigenvalue weighted by molar-refractivity contribution is 0.0533. The molecule has 0 spiro atoms. The molecule has 6 nitrogen and oxygen atoms in total. The van der Waals surface area contributed by atoms with Crippen LogP contribution in [0.3, 0.4) is 0 Å². The number of hydrogen-bond donors (Lipinski definition) is 2. The Morgan fingerprint density at radius 2 is 1.96 bits per heavy atom. The van der Waals surface area contributed by atoms with Gasteiger partial charge in [-0.1, -0.05) is 59.9 Å². The quantitative estimate of drug-likeness (QED) is 0.560. The van der Waals surface area contributed by atoms with Crippen molar-refractivity contribution in [3.05, 3.63) is 40.3 Å². The molecule has 0 saturated heterocycles. The van der Waals surface area contributed by atoms with Crippen LogP contribution in [0, 0.1) is 6.92 Å². The number of ether oxygens (including phenoxy) is 1. The van der Waals surface area contributed by atoms with Crippen molar-refractivity contribution >= 4 is 40.9 Å². The van der Waals surface area contributed by atoms with E-state index in [4.69, 9.17) is 4.74 Å². The SMILES string of the molecule is CCOC(=O)c1sc(SCC)nc1NC(=O)NCc1ccc(C)cc1. The largest absolute Gasteiger partial charge is 0.462 e. The second-order valence-electron chi connectivity index (χ2n) is 5.10. The number of carbonyl (C=O) groups is 2. The summed E-state index contributed by atoms with van der Waals surface area (Å²) in [6.45, 7) is 6.40. The zero-order valence-electron chi connectivity index (χ0n) is 14.4. The smallest absolute Gasteiger partial charge is 0.352 e. The maximum absolute atomic E-state index is 12.1. The van der Waals surface area contributed by atoms with Crippen molar-refractivity contribution in [2.24, 2.45) is 0 Å². The van der Waals surface area contributed by atoms with E-state index in [2.05, 4.69) is 15.6 Å². The minimum Gasteiger partial charge on any atom is -0.462 e. The Kier molecular flexibility index (Phi) is 7.27. The van der Waals surface area contributed by atoms with Gasteiger partial charge in [0.2, 0.25) is 0 Å². The average molecular weight is 380 g/mol. The molecule has 2 amide bonds. The van der Waals surface area contributed by atoms with Crippen LogP contribution in [0.15, 0.2) is 28.6 Å². The fraction of sp³-hybridized carbons (Fsp3) is 0.353. The average Bonchev–Trinajstić information content (AvgIpc) is 2.97. The first-order valence-corrected chi connectivity index (χ1v) is 9.74. The molecule has 1 aromatic heterocycles. The Hall–Kier alpha value is -2.06. The summed E-state index contributed by atoms with van der Waals surface area (Å²) in [5.74, 6) is 0.590. The van der Waals surface area contributed by atoms with Crippen molar-refractivity contribution in [3.8, 4) is 0 Å². The van der Waals surface area contributed by atoms with Gasteiger partial charge in [-0.25, -0.2) is 14.6 Å². The number of hydrogen-bond acceptors (Lipinski definition) is 6. The number of benzene rings is 1. The molecule has 0 atom stereocenters. The molecule has 8 heteroatoms. The highest BCUT2D eigenvalue weighted by Gasteiger charge is 2.21. The third-order valence-corrected chi connectivity index (χ3v) is 5.20. The molecule has 0 aliphatic heterocycles. The Balaban J connectivity index is 2.02. The maximum Gasteiger partial charge on any atom is 0.352 e. The summed E-state index contributed by atoms with van der Waals surface area (Å²) in [6.07, 6.45) is 0. The fourth-order valence-electron chi connectivity index (χ4n) is 1.95. The van der Waals surface area contributed by atoms with E-state index in [0.717, 1.165) is 21.2 Å². The van der Waals surface area contributed by atoms with Crippen LogP contribution >= 0.6 is 23.1 Å². The van der Waals surface area contributed by atoms with Gasteiger partial charge in [0.05, 0.1) is 6.61 Å². The van der Waals surface area contributed by atoms with E-state index in [1.54, 1.807) is 6.92 Å². The fourth-order valence-corrected chi connectivity index (χ4v) is 3.83. The monoisotopic (exact) mass is 379 g/mol. The van der Waals surface area contributed by atoms with E-state index < -0.39 is 12.0 Å². The Labute approximate surface area is 155 Å². The van der Waals surface area contributed by atoms with E-state index in [1.165, 1.54) is 23.1 Å².